The van der Waals surface area contributed by atoms with Gasteiger partial charge in [0.1, 0.15) is 11.6 Å². The van der Waals surface area contributed by atoms with Crippen LogP contribution in [0.2, 0.25) is 0 Å². The summed E-state index contributed by atoms with van der Waals surface area (Å²) in [6, 6.07) is 8.30. The topological polar surface area (TPSA) is 108 Å². The summed E-state index contributed by atoms with van der Waals surface area (Å²) in [6.07, 6.45) is 1.48. The number of carbonyl (C=O) groups excluding carboxylic acids is 3. The van der Waals surface area contributed by atoms with Crippen molar-refractivity contribution >= 4 is 23.4 Å². The van der Waals surface area contributed by atoms with Gasteiger partial charge in [0, 0.05) is 24.4 Å². The Morgan fingerprint density at radius 1 is 1.19 bits per heavy atom. The molecule has 32 heavy (non-hydrogen) atoms. The van der Waals surface area contributed by atoms with Crippen LogP contribution in [0.4, 0.5) is 5.69 Å². The number of rotatable bonds is 6. The number of ether oxygens (including phenoxy) is 1. The molecule has 1 spiro atoms. The lowest BCUT2D eigenvalue weighted by Gasteiger charge is -2.35. The number of anilines is 1. The molecule has 2 unspecified atom stereocenters. The van der Waals surface area contributed by atoms with E-state index >= 15 is 0 Å². The van der Waals surface area contributed by atoms with Crippen molar-refractivity contribution in [2.75, 3.05) is 18.5 Å². The van der Waals surface area contributed by atoms with E-state index < -0.39 is 34.6 Å². The van der Waals surface area contributed by atoms with E-state index in [1.54, 1.807) is 12.1 Å². The van der Waals surface area contributed by atoms with Gasteiger partial charge in [0.2, 0.25) is 17.7 Å². The second-order valence-electron chi connectivity index (χ2n) is 10.4. The van der Waals surface area contributed by atoms with Gasteiger partial charge in [0.15, 0.2) is 0 Å². The third kappa shape index (κ3) is 3.59. The minimum Gasteiger partial charge on any atom is -0.396 e. The van der Waals surface area contributed by atoms with Crippen LogP contribution in [-0.2, 0) is 19.1 Å². The van der Waals surface area contributed by atoms with Crippen molar-refractivity contribution in [3.8, 4) is 0 Å². The molecule has 0 radical (unpaired) electrons. The molecule has 3 heterocycles. The Hall–Kier alpha value is -2.45. The lowest BCUT2D eigenvalue weighted by molar-refractivity contribution is -0.146. The van der Waals surface area contributed by atoms with E-state index in [2.05, 4.69) is 10.6 Å². The summed E-state index contributed by atoms with van der Waals surface area (Å²) in [5.74, 6) is -2.23. The van der Waals surface area contributed by atoms with Crippen LogP contribution < -0.4 is 10.6 Å². The summed E-state index contributed by atoms with van der Waals surface area (Å²) in [5.41, 5.74) is -1.69. The monoisotopic (exact) mass is 443 g/mol. The summed E-state index contributed by atoms with van der Waals surface area (Å²) in [6.45, 7) is 7.69. The predicted molar refractivity (Wildman–Crippen MR) is 119 cm³/mol. The molecule has 5 atom stereocenters. The number of hydrogen-bond donors (Lipinski definition) is 3. The molecule has 0 saturated carbocycles. The molecule has 8 nitrogen and oxygen atoms in total. The Bertz CT molecular complexity index is 914. The van der Waals surface area contributed by atoms with E-state index in [4.69, 9.17) is 4.74 Å². The first kappa shape index (κ1) is 22.7. The number of aliphatic hydroxyl groups is 1. The van der Waals surface area contributed by atoms with Crippen LogP contribution in [0, 0.1) is 11.8 Å². The predicted octanol–water partition coefficient (Wildman–Crippen LogP) is 1.69. The molecule has 3 aliphatic rings. The molecule has 3 saturated heterocycles. The summed E-state index contributed by atoms with van der Waals surface area (Å²) in [7, 11) is 0. The first-order valence-electron chi connectivity index (χ1n) is 11.3. The first-order chi connectivity index (χ1) is 15.0. The highest BCUT2D eigenvalue weighted by Gasteiger charge is 2.77. The van der Waals surface area contributed by atoms with Crippen molar-refractivity contribution < 1.29 is 24.2 Å². The van der Waals surface area contributed by atoms with E-state index in [0.717, 1.165) is 0 Å². The van der Waals surface area contributed by atoms with Crippen LogP contribution in [0.3, 0.4) is 0 Å². The summed E-state index contributed by atoms with van der Waals surface area (Å²) in [5, 5.41) is 15.3. The van der Waals surface area contributed by atoms with Gasteiger partial charge in [-0.25, -0.2) is 0 Å². The molecule has 3 amide bonds. The van der Waals surface area contributed by atoms with Crippen molar-refractivity contribution in [3.63, 3.8) is 0 Å². The number of amides is 3. The lowest BCUT2D eigenvalue weighted by Crippen LogP contribution is -2.58. The molecule has 1 aromatic rings. The molecule has 4 rings (SSSR count). The third-order valence-corrected chi connectivity index (χ3v) is 6.90. The van der Waals surface area contributed by atoms with Crippen molar-refractivity contribution in [1.82, 2.24) is 10.2 Å². The number of hydrogen-bond acceptors (Lipinski definition) is 5. The van der Waals surface area contributed by atoms with Gasteiger partial charge < -0.3 is 25.4 Å². The van der Waals surface area contributed by atoms with Crippen LogP contribution in [0.25, 0.3) is 0 Å². The molecule has 3 N–H and O–H groups in total. The number of nitrogens with zero attached hydrogens (tertiary/aromatic N) is 1. The third-order valence-electron chi connectivity index (χ3n) is 6.90. The van der Waals surface area contributed by atoms with Gasteiger partial charge in [-0.1, -0.05) is 18.2 Å². The van der Waals surface area contributed by atoms with Crippen molar-refractivity contribution in [3.05, 3.63) is 30.3 Å². The summed E-state index contributed by atoms with van der Waals surface area (Å²) in [4.78, 5) is 42.0. The molecule has 0 aromatic heterocycles. The highest BCUT2D eigenvalue weighted by molar-refractivity contribution is 6.02. The highest BCUT2D eigenvalue weighted by atomic mass is 16.5. The zero-order valence-corrected chi connectivity index (χ0v) is 19.2. The van der Waals surface area contributed by atoms with E-state index in [9.17, 15) is 19.5 Å². The number of nitrogens with one attached hydrogen (secondary N) is 2. The second-order valence-corrected chi connectivity index (χ2v) is 10.4. The average molecular weight is 444 g/mol. The minimum absolute atomic E-state index is 0.0917. The molecule has 8 heteroatoms. The van der Waals surface area contributed by atoms with Gasteiger partial charge >= 0.3 is 0 Å². The van der Waals surface area contributed by atoms with Gasteiger partial charge in [-0.15, -0.1) is 0 Å². The van der Waals surface area contributed by atoms with Crippen LogP contribution in [0.1, 0.15) is 47.0 Å². The van der Waals surface area contributed by atoms with Gasteiger partial charge in [-0.05, 0) is 59.1 Å². The number of para-hydroxylation sites is 1. The average Bonchev–Trinajstić information content (AvgIpc) is 3.26. The maximum atomic E-state index is 13.7. The standard InChI is InChI=1S/C24H33N3O5/c1-22(2,3)26-20(30)18-24-12-11-23(4,32-24)16(17(24)21(31)27(18)13-8-14-28)19(29)25-15-9-6-5-7-10-15/h5-7,9-10,16-18,28H,8,11-14H2,1-4H3,(H,25,29)(H,26,30)/t16-,17-,18?,23+,24?/m0/s1. The Balaban J connectivity index is 1.70. The molecule has 0 aliphatic carbocycles. The summed E-state index contributed by atoms with van der Waals surface area (Å²) >= 11 is 0. The molecule has 174 valence electrons. The van der Waals surface area contributed by atoms with Crippen LogP contribution >= 0.6 is 0 Å². The highest BCUT2D eigenvalue weighted by Crippen LogP contribution is 2.63. The molecule has 3 fully saturated rings. The zero-order chi connectivity index (χ0) is 23.3. The quantitative estimate of drug-likeness (QED) is 0.620. The molecule has 2 bridgehead atoms. The maximum Gasteiger partial charge on any atom is 0.246 e. The Labute approximate surface area is 188 Å². The molecule has 1 aromatic carbocycles. The Morgan fingerprint density at radius 3 is 2.50 bits per heavy atom. The van der Waals surface area contributed by atoms with E-state index in [-0.39, 0.29) is 30.9 Å². The fourth-order valence-corrected chi connectivity index (χ4v) is 5.79. The number of carbonyl (C=O) groups is 3. The maximum absolute atomic E-state index is 13.7. The Kier molecular flexibility index (Phi) is 5.57. The van der Waals surface area contributed by atoms with E-state index in [0.29, 0.717) is 24.9 Å². The fourth-order valence-electron chi connectivity index (χ4n) is 5.79. The lowest BCUT2D eigenvalue weighted by atomic mass is 9.66. The van der Waals surface area contributed by atoms with Crippen molar-refractivity contribution in [2.45, 2.75) is 69.7 Å². The van der Waals surface area contributed by atoms with E-state index in [1.165, 1.54) is 4.90 Å². The van der Waals surface area contributed by atoms with Crippen molar-refractivity contribution in [2.24, 2.45) is 11.8 Å². The molecular formula is C24H33N3O5. The second kappa shape index (κ2) is 7.85. The van der Waals surface area contributed by atoms with Gasteiger partial charge in [-0.3, -0.25) is 14.4 Å². The fraction of sp³-hybridized carbons (Fsp3) is 0.625. The number of likely N-dealkylation sites (tertiary alicyclic amines) is 1. The molecular weight excluding hydrogens is 410 g/mol. The van der Waals surface area contributed by atoms with E-state index in [1.807, 2.05) is 45.9 Å². The van der Waals surface area contributed by atoms with Gasteiger partial charge in [0.25, 0.3) is 0 Å². The SMILES string of the molecule is CC(C)(C)NC(=O)C1N(CCCO)C(=O)[C@@H]2[C@@H](C(=O)Nc3ccccc3)[C@@]3(C)CCC12O3. The van der Waals surface area contributed by atoms with Gasteiger partial charge in [0.05, 0.1) is 17.4 Å². The number of benzene rings is 1. The van der Waals surface area contributed by atoms with Crippen molar-refractivity contribution in [1.29, 1.82) is 0 Å². The first-order valence-corrected chi connectivity index (χ1v) is 11.3. The summed E-state index contributed by atoms with van der Waals surface area (Å²) < 4.78 is 6.53. The number of fused-ring (bicyclic) bond motifs is 1. The molecule has 3 aliphatic heterocycles. The van der Waals surface area contributed by atoms with Crippen LogP contribution in [0.5, 0.6) is 0 Å². The normalized spacial score (nSPS) is 33.3. The zero-order valence-electron chi connectivity index (χ0n) is 19.2. The number of aliphatic hydroxyl groups excluding tert-OH is 1. The van der Waals surface area contributed by atoms with Crippen LogP contribution in [0.15, 0.2) is 30.3 Å². The van der Waals surface area contributed by atoms with Crippen LogP contribution in [-0.4, -0.2) is 63.7 Å². The smallest absolute Gasteiger partial charge is 0.246 e. The minimum atomic E-state index is -1.05. The van der Waals surface area contributed by atoms with Gasteiger partial charge in [-0.2, -0.15) is 0 Å². The largest absolute Gasteiger partial charge is 0.396 e. The Morgan fingerprint density at radius 2 is 1.88 bits per heavy atom.